The molecule has 164 valence electrons. The molecule has 4 aliphatic heterocycles. The van der Waals surface area contributed by atoms with E-state index in [1.807, 2.05) is 24.3 Å². The maximum Gasteiger partial charge on any atom is 0.409 e. The van der Waals surface area contributed by atoms with Crippen LogP contribution in [0.4, 0.5) is 4.79 Å². The summed E-state index contributed by atoms with van der Waals surface area (Å²) >= 11 is 0. The summed E-state index contributed by atoms with van der Waals surface area (Å²) in [6.45, 7) is 4.73. The van der Waals surface area contributed by atoms with Crippen LogP contribution in [0.2, 0.25) is 0 Å². The highest BCUT2D eigenvalue weighted by Crippen LogP contribution is 2.52. The number of pyridine rings is 1. The number of rotatable bonds is 4. The van der Waals surface area contributed by atoms with Crippen LogP contribution in [-0.4, -0.2) is 88.6 Å². The molecule has 1 spiro atoms. The van der Waals surface area contributed by atoms with Gasteiger partial charge in [-0.25, -0.2) is 4.79 Å². The molecule has 4 aliphatic rings. The van der Waals surface area contributed by atoms with E-state index in [0.29, 0.717) is 45.9 Å². The second-order valence-corrected chi connectivity index (χ2v) is 8.46. The molecule has 9 nitrogen and oxygen atoms in total. The lowest BCUT2D eigenvalue weighted by Gasteiger charge is -2.36. The standard InChI is InChI=1S/C22H26N4O5/c1-2-30-21(29)25-11-9-24(10-12-25)19(27)17-16-3-6-22(31-16)14-26(20(28)18(17)22)13-15-4-7-23-8-5-15/h3-8,16-18H,2,9-14H2,1H3/t16-,17?,18?,22+/m0/s1. The third-order valence-corrected chi connectivity index (χ3v) is 6.70. The number of carbonyl (C=O) groups is 3. The predicted octanol–water partition coefficient (Wildman–Crippen LogP) is 0.664. The molecule has 3 saturated heterocycles. The van der Waals surface area contributed by atoms with Crippen LogP contribution in [0.3, 0.4) is 0 Å². The van der Waals surface area contributed by atoms with E-state index >= 15 is 0 Å². The van der Waals surface area contributed by atoms with Crippen molar-refractivity contribution in [3.63, 3.8) is 0 Å². The van der Waals surface area contributed by atoms with E-state index in [9.17, 15) is 14.4 Å². The SMILES string of the molecule is CCOC(=O)N1CCN(C(=O)C2C3C(=O)N(Cc4ccncc4)C[C@]34C=C[C@@H]2O4)CC1. The van der Waals surface area contributed by atoms with E-state index in [0.717, 1.165) is 5.56 Å². The van der Waals surface area contributed by atoms with Crippen molar-refractivity contribution in [1.29, 1.82) is 0 Å². The molecule has 9 heteroatoms. The number of piperazine rings is 1. The highest BCUT2D eigenvalue weighted by Gasteiger charge is 2.67. The van der Waals surface area contributed by atoms with Crippen molar-refractivity contribution in [2.75, 3.05) is 39.3 Å². The second kappa shape index (κ2) is 7.64. The third-order valence-electron chi connectivity index (χ3n) is 6.70. The molecule has 4 atom stereocenters. The number of ether oxygens (including phenoxy) is 2. The summed E-state index contributed by atoms with van der Waals surface area (Å²) in [4.78, 5) is 47.9. The molecule has 31 heavy (non-hydrogen) atoms. The maximum atomic E-state index is 13.4. The Balaban J connectivity index is 1.29. The minimum Gasteiger partial charge on any atom is -0.450 e. The normalized spacial score (nSPS) is 31.3. The van der Waals surface area contributed by atoms with E-state index in [1.165, 1.54) is 0 Å². The summed E-state index contributed by atoms with van der Waals surface area (Å²) in [6, 6.07) is 3.78. The molecule has 2 unspecified atom stereocenters. The lowest BCUT2D eigenvalue weighted by molar-refractivity contribution is -0.144. The largest absolute Gasteiger partial charge is 0.450 e. The molecule has 5 rings (SSSR count). The molecule has 3 amide bonds. The average Bonchev–Trinajstić information content (AvgIpc) is 3.42. The van der Waals surface area contributed by atoms with Gasteiger partial charge in [-0.1, -0.05) is 12.2 Å². The van der Waals surface area contributed by atoms with Crippen molar-refractivity contribution >= 4 is 17.9 Å². The predicted molar refractivity (Wildman–Crippen MR) is 109 cm³/mol. The average molecular weight is 426 g/mol. The number of hydrogen-bond donors (Lipinski definition) is 0. The quantitative estimate of drug-likeness (QED) is 0.657. The Hall–Kier alpha value is -2.94. The van der Waals surface area contributed by atoms with E-state index in [4.69, 9.17) is 9.47 Å². The number of hydrogen-bond acceptors (Lipinski definition) is 6. The van der Waals surface area contributed by atoms with Gasteiger partial charge in [-0.15, -0.1) is 0 Å². The Morgan fingerprint density at radius 1 is 1.19 bits per heavy atom. The first-order chi connectivity index (χ1) is 15.0. The molecule has 0 radical (unpaired) electrons. The Kier molecular flexibility index (Phi) is 4.92. The van der Waals surface area contributed by atoms with Gasteiger partial charge in [0.05, 0.1) is 31.1 Å². The Morgan fingerprint density at radius 3 is 2.61 bits per heavy atom. The van der Waals surface area contributed by atoms with Crippen LogP contribution >= 0.6 is 0 Å². The molecule has 5 heterocycles. The van der Waals surface area contributed by atoms with Crippen LogP contribution in [0.15, 0.2) is 36.7 Å². The van der Waals surface area contributed by atoms with E-state index in [2.05, 4.69) is 4.98 Å². The van der Waals surface area contributed by atoms with E-state index in [1.54, 1.807) is 34.0 Å². The number of likely N-dealkylation sites (tertiary alicyclic amines) is 1. The molecule has 0 aromatic carbocycles. The van der Waals surface area contributed by atoms with Crippen LogP contribution in [0.25, 0.3) is 0 Å². The van der Waals surface area contributed by atoms with Crippen LogP contribution in [-0.2, 0) is 25.6 Å². The zero-order valence-electron chi connectivity index (χ0n) is 17.5. The van der Waals surface area contributed by atoms with Gasteiger partial charge in [0.25, 0.3) is 0 Å². The van der Waals surface area contributed by atoms with Crippen LogP contribution < -0.4 is 0 Å². The van der Waals surface area contributed by atoms with Crippen molar-refractivity contribution in [3.8, 4) is 0 Å². The molecular formula is C22H26N4O5. The number of amides is 3. The molecule has 1 aromatic rings. The second-order valence-electron chi connectivity index (χ2n) is 8.46. The molecule has 0 saturated carbocycles. The van der Waals surface area contributed by atoms with Crippen molar-refractivity contribution in [2.45, 2.75) is 25.2 Å². The molecule has 1 aromatic heterocycles. The summed E-state index contributed by atoms with van der Waals surface area (Å²) in [6.07, 6.45) is 6.59. The van der Waals surface area contributed by atoms with Crippen molar-refractivity contribution in [2.24, 2.45) is 11.8 Å². The number of carbonyl (C=O) groups excluding carboxylic acids is 3. The van der Waals surface area contributed by atoms with Crippen molar-refractivity contribution in [3.05, 3.63) is 42.2 Å². The van der Waals surface area contributed by atoms with Crippen LogP contribution in [0.5, 0.6) is 0 Å². The summed E-state index contributed by atoms with van der Waals surface area (Å²) in [7, 11) is 0. The first kappa shape index (κ1) is 20.0. The molecular weight excluding hydrogens is 400 g/mol. The van der Waals surface area contributed by atoms with Crippen molar-refractivity contribution < 1.29 is 23.9 Å². The first-order valence-electron chi connectivity index (χ1n) is 10.8. The lowest BCUT2D eigenvalue weighted by atomic mass is 9.76. The molecule has 3 fully saturated rings. The maximum absolute atomic E-state index is 13.4. The van der Waals surface area contributed by atoms with Gasteiger partial charge in [0.15, 0.2) is 0 Å². The zero-order valence-corrected chi connectivity index (χ0v) is 17.5. The summed E-state index contributed by atoms with van der Waals surface area (Å²) < 4.78 is 11.3. The minimum atomic E-state index is -0.720. The fourth-order valence-electron chi connectivity index (χ4n) is 5.24. The van der Waals surface area contributed by atoms with Gasteiger partial charge in [-0.2, -0.15) is 0 Å². The van der Waals surface area contributed by atoms with Gasteiger partial charge in [0.1, 0.15) is 5.60 Å². The summed E-state index contributed by atoms with van der Waals surface area (Å²) in [5.41, 5.74) is 0.276. The van der Waals surface area contributed by atoms with Gasteiger partial charge >= 0.3 is 6.09 Å². The highest BCUT2D eigenvalue weighted by molar-refractivity contribution is 5.93. The summed E-state index contributed by atoms with van der Waals surface area (Å²) in [5.74, 6) is -1.12. The molecule has 0 N–H and O–H groups in total. The smallest absolute Gasteiger partial charge is 0.409 e. The highest BCUT2D eigenvalue weighted by atomic mass is 16.6. The molecule has 2 bridgehead atoms. The van der Waals surface area contributed by atoms with Crippen molar-refractivity contribution in [1.82, 2.24) is 19.7 Å². The van der Waals surface area contributed by atoms with E-state index in [-0.39, 0.29) is 24.0 Å². The first-order valence-corrected chi connectivity index (χ1v) is 10.8. The number of nitrogens with zero attached hydrogens (tertiary/aromatic N) is 4. The Labute approximate surface area is 180 Å². The van der Waals surface area contributed by atoms with Crippen LogP contribution in [0.1, 0.15) is 12.5 Å². The lowest BCUT2D eigenvalue weighted by Crippen LogP contribution is -2.54. The van der Waals surface area contributed by atoms with E-state index < -0.39 is 17.4 Å². The Morgan fingerprint density at radius 2 is 1.90 bits per heavy atom. The topological polar surface area (TPSA) is 92.3 Å². The van der Waals surface area contributed by atoms with Gasteiger partial charge in [-0.3, -0.25) is 14.6 Å². The fourth-order valence-corrected chi connectivity index (χ4v) is 5.24. The number of aromatic nitrogens is 1. The molecule has 0 aliphatic carbocycles. The third kappa shape index (κ3) is 3.27. The number of fused-ring (bicyclic) bond motifs is 1. The Bertz CT molecular complexity index is 914. The zero-order chi connectivity index (χ0) is 21.6. The monoisotopic (exact) mass is 426 g/mol. The minimum absolute atomic E-state index is 0.0350. The summed E-state index contributed by atoms with van der Waals surface area (Å²) in [5, 5.41) is 0. The van der Waals surface area contributed by atoms with Crippen LogP contribution in [0, 0.1) is 11.8 Å². The van der Waals surface area contributed by atoms with Gasteiger partial charge in [0, 0.05) is 45.1 Å². The van der Waals surface area contributed by atoms with Gasteiger partial charge in [0.2, 0.25) is 11.8 Å². The van der Waals surface area contributed by atoms with Gasteiger partial charge < -0.3 is 24.2 Å². The fraction of sp³-hybridized carbons (Fsp3) is 0.545. The van der Waals surface area contributed by atoms with Gasteiger partial charge in [-0.05, 0) is 24.6 Å².